The van der Waals surface area contributed by atoms with Crippen LogP contribution < -0.4 is 11.1 Å². The molecular weight excluding hydrogens is 458 g/mol. The second-order valence-electron chi connectivity index (χ2n) is 6.66. The Morgan fingerprint density at radius 3 is 2.79 bits per heavy atom. The fourth-order valence-electron chi connectivity index (χ4n) is 2.95. The first kappa shape index (κ1) is 21.5. The van der Waals surface area contributed by atoms with E-state index in [1.54, 1.807) is 30.6 Å². The first-order valence-corrected chi connectivity index (χ1v) is 10.8. The topological polar surface area (TPSA) is 95.1 Å². The lowest BCUT2D eigenvalue weighted by atomic mass is 10.0. The minimum Gasteiger partial charge on any atom is -0.382 e. The quantitative estimate of drug-likeness (QED) is 0.360. The Hall–Kier alpha value is -2.16. The highest BCUT2D eigenvalue weighted by atomic mass is 79.9. The highest BCUT2D eigenvalue weighted by Crippen LogP contribution is 2.28. The summed E-state index contributed by atoms with van der Waals surface area (Å²) >= 11 is 9.36. The smallest absolute Gasteiger partial charge is 0.251 e. The lowest BCUT2D eigenvalue weighted by molar-refractivity contribution is 0.0909. The van der Waals surface area contributed by atoms with Crippen molar-refractivity contribution in [1.82, 2.24) is 19.9 Å². The summed E-state index contributed by atoms with van der Waals surface area (Å²) in [5.74, 6) is 0.558. The monoisotopic (exact) mass is 479 g/mol. The molecule has 0 radical (unpaired) electrons. The second-order valence-corrected chi connectivity index (χ2v) is 7.75. The van der Waals surface area contributed by atoms with E-state index in [-0.39, 0.29) is 11.8 Å². The number of carbonyl (C=O) groups is 1. The number of hydrogen-bond acceptors (Lipinski definition) is 5. The Bertz CT molecular complexity index is 977. The predicted molar refractivity (Wildman–Crippen MR) is 119 cm³/mol. The van der Waals surface area contributed by atoms with Gasteiger partial charge in [0.15, 0.2) is 5.82 Å². The molecule has 1 atom stereocenters. The van der Waals surface area contributed by atoms with Crippen molar-refractivity contribution in [2.24, 2.45) is 0 Å². The van der Waals surface area contributed by atoms with Crippen molar-refractivity contribution in [1.29, 1.82) is 0 Å². The summed E-state index contributed by atoms with van der Waals surface area (Å²) in [6.07, 6.45) is 3.58. The van der Waals surface area contributed by atoms with Crippen molar-refractivity contribution < 1.29 is 9.53 Å². The number of nitrogen functional groups attached to an aromatic ring is 1. The zero-order valence-electron chi connectivity index (χ0n) is 16.1. The summed E-state index contributed by atoms with van der Waals surface area (Å²) < 4.78 is 7.71. The fourth-order valence-corrected chi connectivity index (χ4v) is 3.43. The number of nitrogens with two attached hydrogens (primary N) is 1. The number of carbonyl (C=O) groups excluding carboxylic acids is 1. The average Bonchev–Trinajstić information content (AvgIpc) is 3.15. The first-order chi connectivity index (χ1) is 14.0. The maximum Gasteiger partial charge on any atom is 0.251 e. The lowest BCUT2D eigenvalue weighted by Gasteiger charge is -2.13. The molecule has 3 N–H and O–H groups in total. The third-order valence-corrected chi connectivity index (χ3v) is 5.80. The SMILES string of the molecule is CC(CBr)c1cnc(N)c2ncn(CCOCCNC(=O)c3ccc(Cl)cc3)c12. The van der Waals surface area contributed by atoms with Gasteiger partial charge in [-0.3, -0.25) is 4.79 Å². The number of imidazole rings is 1. The van der Waals surface area contributed by atoms with Gasteiger partial charge in [0, 0.05) is 40.8 Å². The molecule has 1 aromatic carbocycles. The number of fused-ring (bicyclic) bond motifs is 1. The Labute approximate surface area is 182 Å². The fraction of sp³-hybridized carbons (Fsp3) is 0.350. The van der Waals surface area contributed by atoms with Crippen LogP contribution in [0.5, 0.6) is 0 Å². The van der Waals surface area contributed by atoms with Crippen LogP contribution in [0, 0.1) is 0 Å². The number of hydrogen-bond donors (Lipinski definition) is 2. The highest BCUT2D eigenvalue weighted by molar-refractivity contribution is 9.09. The van der Waals surface area contributed by atoms with Gasteiger partial charge in [-0.15, -0.1) is 0 Å². The van der Waals surface area contributed by atoms with Gasteiger partial charge in [0.25, 0.3) is 5.91 Å². The molecule has 1 unspecified atom stereocenters. The molecule has 0 aliphatic carbocycles. The number of amides is 1. The van der Waals surface area contributed by atoms with Gasteiger partial charge in [0.2, 0.25) is 0 Å². The Balaban J connectivity index is 1.51. The minimum atomic E-state index is -0.151. The second kappa shape index (κ2) is 10.0. The van der Waals surface area contributed by atoms with Gasteiger partial charge in [0.05, 0.1) is 25.1 Å². The molecule has 0 saturated heterocycles. The average molecular weight is 481 g/mol. The number of anilines is 1. The largest absolute Gasteiger partial charge is 0.382 e. The van der Waals surface area contributed by atoms with Crippen LogP contribution in [-0.2, 0) is 11.3 Å². The third kappa shape index (κ3) is 5.26. The van der Waals surface area contributed by atoms with E-state index in [4.69, 9.17) is 22.1 Å². The van der Waals surface area contributed by atoms with Crippen molar-refractivity contribution in [3.05, 3.63) is 52.9 Å². The third-order valence-electron chi connectivity index (χ3n) is 4.57. The summed E-state index contributed by atoms with van der Waals surface area (Å²) in [5.41, 5.74) is 9.35. The molecule has 3 aromatic rings. The van der Waals surface area contributed by atoms with Crippen LogP contribution in [0.1, 0.15) is 28.8 Å². The molecule has 0 aliphatic rings. The highest BCUT2D eigenvalue weighted by Gasteiger charge is 2.16. The van der Waals surface area contributed by atoms with Gasteiger partial charge < -0.3 is 20.4 Å². The first-order valence-electron chi connectivity index (χ1n) is 9.28. The molecule has 0 aliphatic heterocycles. The predicted octanol–water partition coefficient (Wildman–Crippen LogP) is 3.61. The van der Waals surface area contributed by atoms with E-state index in [2.05, 4.69) is 38.1 Å². The number of nitrogens with zero attached hydrogens (tertiary/aromatic N) is 3. The summed E-state index contributed by atoms with van der Waals surface area (Å²) in [6, 6.07) is 6.76. The molecule has 154 valence electrons. The Kier molecular flexibility index (Phi) is 7.46. The van der Waals surface area contributed by atoms with Crippen LogP contribution >= 0.6 is 27.5 Å². The molecule has 7 nitrogen and oxygen atoms in total. The number of aromatic nitrogens is 3. The van der Waals surface area contributed by atoms with E-state index in [9.17, 15) is 4.79 Å². The molecule has 0 saturated carbocycles. The van der Waals surface area contributed by atoms with E-state index in [1.165, 1.54) is 0 Å². The number of alkyl halides is 1. The van der Waals surface area contributed by atoms with Crippen LogP contribution in [0.2, 0.25) is 5.02 Å². The van der Waals surface area contributed by atoms with Crippen molar-refractivity contribution in [2.75, 3.05) is 30.8 Å². The molecule has 0 spiro atoms. The van der Waals surface area contributed by atoms with E-state index in [0.29, 0.717) is 48.2 Å². The molecule has 29 heavy (non-hydrogen) atoms. The van der Waals surface area contributed by atoms with Crippen LogP contribution in [-0.4, -0.2) is 45.5 Å². The summed E-state index contributed by atoms with van der Waals surface area (Å²) in [7, 11) is 0. The lowest BCUT2D eigenvalue weighted by Crippen LogP contribution is -2.27. The van der Waals surface area contributed by atoms with Crippen molar-refractivity contribution in [3.63, 3.8) is 0 Å². The summed E-state index contributed by atoms with van der Waals surface area (Å²) in [5, 5.41) is 4.25. The van der Waals surface area contributed by atoms with Crippen molar-refractivity contribution in [2.45, 2.75) is 19.4 Å². The normalized spacial score (nSPS) is 12.2. The standard InChI is InChI=1S/C20H23BrClN5O2/c1-13(10-21)16-11-25-19(23)17-18(16)27(12-26-17)7-9-29-8-6-24-20(28)14-2-4-15(22)5-3-14/h2-5,11-13H,6-10H2,1H3,(H2,23,25)(H,24,28). The van der Waals surface area contributed by atoms with Gasteiger partial charge >= 0.3 is 0 Å². The van der Waals surface area contributed by atoms with Crippen LogP contribution in [0.25, 0.3) is 11.0 Å². The molecule has 2 heterocycles. The molecule has 9 heteroatoms. The Morgan fingerprint density at radius 2 is 2.07 bits per heavy atom. The van der Waals surface area contributed by atoms with Crippen LogP contribution in [0.15, 0.2) is 36.8 Å². The van der Waals surface area contributed by atoms with Crippen LogP contribution in [0.4, 0.5) is 5.82 Å². The van der Waals surface area contributed by atoms with Crippen LogP contribution in [0.3, 0.4) is 0 Å². The molecule has 0 bridgehead atoms. The maximum atomic E-state index is 12.0. The maximum absolute atomic E-state index is 12.0. The number of nitrogens with one attached hydrogen (secondary N) is 1. The molecule has 2 aromatic heterocycles. The minimum absolute atomic E-state index is 0.151. The zero-order valence-corrected chi connectivity index (χ0v) is 18.4. The summed E-state index contributed by atoms with van der Waals surface area (Å²) in [6.45, 7) is 4.09. The van der Waals surface area contributed by atoms with Gasteiger partial charge in [-0.25, -0.2) is 9.97 Å². The summed E-state index contributed by atoms with van der Waals surface area (Å²) in [4.78, 5) is 20.7. The van der Waals surface area contributed by atoms with E-state index in [1.807, 2.05) is 10.8 Å². The molecular formula is C20H23BrClN5O2. The molecule has 1 amide bonds. The van der Waals surface area contributed by atoms with Gasteiger partial charge in [-0.05, 0) is 30.2 Å². The number of rotatable bonds is 9. The van der Waals surface area contributed by atoms with Gasteiger partial charge in [-0.1, -0.05) is 34.5 Å². The molecule has 0 fully saturated rings. The zero-order chi connectivity index (χ0) is 20.8. The van der Waals surface area contributed by atoms with Gasteiger partial charge in [-0.2, -0.15) is 0 Å². The Morgan fingerprint density at radius 1 is 1.31 bits per heavy atom. The van der Waals surface area contributed by atoms with E-state index >= 15 is 0 Å². The number of halogens is 2. The van der Waals surface area contributed by atoms with Crippen molar-refractivity contribution >= 4 is 50.3 Å². The van der Waals surface area contributed by atoms with Crippen molar-refractivity contribution in [3.8, 4) is 0 Å². The number of ether oxygens (including phenoxy) is 1. The molecule has 3 rings (SSSR count). The van der Waals surface area contributed by atoms with E-state index in [0.717, 1.165) is 16.4 Å². The van der Waals surface area contributed by atoms with Gasteiger partial charge in [0.1, 0.15) is 5.52 Å². The van der Waals surface area contributed by atoms with E-state index < -0.39 is 0 Å². The number of benzene rings is 1. The number of pyridine rings is 1.